The fourth-order valence-corrected chi connectivity index (χ4v) is 4.03. The molecule has 168 valence electrons. The molecule has 0 radical (unpaired) electrons. The van der Waals surface area contributed by atoms with Gasteiger partial charge in [0.1, 0.15) is 23.9 Å². The van der Waals surface area contributed by atoms with Crippen LogP contribution < -0.4 is 4.74 Å². The van der Waals surface area contributed by atoms with E-state index in [1.165, 1.54) is 6.07 Å². The number of hydrogen-bond acceptors (Lipinski definition) is 5. The van der Waals surface area contributed by atoms with E-state index < -0.39 is 0 Å². The van der Waals surface area contributed by atoms with Gasteiger partial charge in [0.25, 0.3) is 5.91 Å². The molecule has 1 saturated heterocycles. The van der Waals surface area contributed by atoms with E-state index in [9.17, 15) is 9.18 Å². The normalized spacial score (nSPS) is 14.6. The van der Waals surface area contributed by atoms with E-state index in [1.807, 2.05) is 32.0 Å². The molecular weight excluding hydrogens is 409 g/mol. The number of aryl methyl sites for hydroxylation is 3. The van der Waals surface area contributed by atoms with Gasteiger partial charge in [0.2, 0.25) is 0 Å². The van der Waals surface area contributed by atoms with Crippen molar-refractivity contribution in [3.05, 3.63) is 82.0 Å². The highest BCUT2D eigenvalue weighted by Crippen LogP contribution is 2.22. The highest BCUT2D eigenvalue weighted by Gasteiger charge is 2.28. The van der Waals surface area contributed by atoms with Crippen molar-refractivity contribution in [2.45, 2.75) is 33.9 Å². The van der Waals surface area contributed by atoms with Crippen molar-refractivity contribution in [1.29, 1.82) is 0 Å². The Morgan fingerprint density at radius 2 is 1.75 bits per heavy atom. The second-order valence-electron chi connectivity index (χ2n) is 8.34. The lowest BCUT2D eigenvalue weighted by atomic mass is 10.1. The van der Waals surface area contributed by atoms with E-state index in [1.54, 1.807) is 24.0 Å². The summed E-state index contributed by atoms with van der Waals surface area (Å²) in [5, 5.41) is 4.03. The number of carbonyl (C=O) groups excluding carboxylic acids is 1. The zero-order valence-electron chi connectivity index (χ0n) is 18.7. The van der Waals surface area contributed by atoms with Crippen LogP contribution in [0, 0.1) is 26.6 Å². The molecule has 7 heteroatoms. The number of rotatable bonds is 6. The van der Waals surface area contributed by atoms with Crippen molar-refractivity contribution in [2.24, 2.45) is 0 Å². The van der Waals surface area contributed by atoms with Gasteiger partial charge in [-0.05, 0) is 50.1 Å². The highest BCUT2D eigenvalue weighted by molar-refractivity contribution is 5.93. The summed E-state index contributed by atoms with van der Waals surface area (Å²) in [6, 6.07) is 12.8. The Bertz CT molecular complexity index is 1080. The van der Waals surface area contributed by atoms with E-state index in [0.29, 0.717) is 55.3 Å². The van der Waals surface area contributed by atoms with Gasteiger partial charge in [0.05, 0.1) is 5.56 Å². The SMILES string of the molecule is Cc1cc(C)cc(OCc2c(C(=O)N3CCN(Cc4ccccc4F)CC3)noc2C)c1. The molecule has 1 aliphatic rings. The fourth-order valence-electron chi connectivity index (χ4n) is 4.03. The van der Waals surface area contributed by atoms with Gasteiger partial charge in [-0.1, -0.05) is 29.4 Å². The third kappa shape index (κ3) is 4.99. The van der Waals surface area contributed by atoms with Crippen LogP contribution in [-0.2, 0) is 13.2 Å². The summed E-state index contributed by atoms with van der Waals surface area (Å²) in [7, 11) is 0. The molecule has 0 N–H and O–H groups in total. The van der Waals surface area contributed by atoms with Crippen LogP contribution >= 0.6 is 0 Å². The topological polar surface area (TPSA) is 58.8 Å². The summed E-state index contributed by atoms with van der Waals surface area (Å²) in [4.78, 5) is 17.1. The first-order chi connectivity index (χ1) is 15.4. The largest absolute Gasteiger partial charge is 0.489 e. The Hall–Kier alpha value is -3.19. The third-order valence-electron chi connectivity index (χ3n) is 5.78. The second-order valence-corrected chi connectivity index (χ2v) is 8.34. The van der Waals surface area contributed by atoms with Gasteiger partial charge >= 0.3 is 0 Å². The van der Waals surface area contributed by atoms with Gasteiger partial charge in [-0.2, -0.15) is 0 Å². The van der Waals surface area contributed by atoms with Gasteiger partial charge in [-0.15, -0.1) is 0 Å². The standard InChI is InChI=1S/C25H28FN3O3/c1-17-12-18(2)14-21(13-17)31-16-22-19(3)32-27-24(22)25(30)29-10-8-28(9-11-29)15-20-6-4-5-7-23(20)26/h4-7,12-14H,8-11,15-16H2,1-3H3. The van der Waals surface area contributed by atoms with Crippen LogP contribution in [0.3, 0.4) is 0 Å². The van der Waals surface area contributed by atoms with Gasteiger partial charge in [-0.3, -0.25) is 9.69 Å². The number of hydrogen-bond donors (Lipinski definition) is 0. The molecule has 0 spiro atoms. The Balaban J connectivity index is 1.38. The molecular formula is C25H28FN3O3. The van der Waals surface area contributed by atoms with Gasteiger partial charge in [0.15, 0.2) is 5.69 Å². The van der Waals surface area contributed by atoms with E-state index in [0.717, 1.165) is 16.9 Å². The van der Waals surface area contributed by atoms with Crippen LogP contribution in [0.2, 0.25) is 0 Å². The molecule has 4 rings (SSSR count). The lowest BCUT2D eigenvalue weighted by Crippen LogP contribution is -2.48. The molecule has 0 saturated carbocycles. The first-order valence-corrected chi connectivity index (χ1v) is 10.8. The van der Waals surface area contributed by atoms with Crippen LogP contribution in [0.4, 0.5) is 4.39 Å². The van der Waals surface area contributed by atoms with E-state index in [2.05, 4.69) is 16.1 Å². The van der Waals surface area contributed by atoms with Crippen molar-refractivity contribution in [1.82, 2.24) is 15.0 Å². The summed E-state index contributed by atoms with van der Waals surface area (Å²) >= 11 is 0. The minimum atomic E-state index is -0.197. The summed E-state index contributed by atoms with van der Waals surface area (Å²) in [6.07, 6.45) is 0. The number of ether oxygens (including phenoxy) is 1. The lowest BCUT2D eigenvalue weighted by Gasteiger charge is -2.34. The molecule has 1 amide bonds. The monoisotopic (exact) mass is 437 g/mol. The maximum absolute atomic E-state index is 13.9. The summed E-state index contributed by atoms with van der Waals surface area (Å²) in [5.41, 5.74) is 3.88. The Kier molecular flexibility index (Phi) is 6.55. The average molecular weight is 438 g/mol. The van der Waals surface area contributed by atoms with Crippen LogP contribution in [0.5, 0.6) is 5.75 Å². The molecule has 0 aliphatic carbocycles. The Labute approximate surface area is 187 Å². The number of piperazine rings is 1. The third-order valence-corrected chi connectivity index (χ3v) is 5.78. The first kappa shape index (κ1) is 22.0. The van der Waals surface area contributed by atoms with Gasteiger partial charge in [-0.25, -0.2) is 4.39 Å². The van der Waals surface area contributed by atoms with Crippen molar-refractivity contribution in [3.8, 4) is 5.75 Å². The van der Waals surface area contributed by atoms with Crippen molar-refractivity contribution in [3.63, 3.8) is 0 Å². The molecule has 0 bridgehead atoms. The first-order valence-electron chi connectivity index (χ1n) is 10.8. The molecule has 32 heavy (non-hydrogen) atoms. The molecule has 6 nitrogen and oxygen atoms in total. The van der Waals surface area contributed by atoms with E-state index in [-0.39, 0.29) is 18.3 Å². The number of aromatic nitrogens is 1. The Morgan fingerprint density at radius 3 is 2.44 bits per heavy atom. The maximum Gasteiger partial charge on any atom is 0.276 e. The van der Waals surface area contributed by atoms with Crippen LogP contribution in [0.1, 0.15) is 38.5 Å². The van der Waals surface area contributed by atoms with Crippen LogP contribution in [0.25, 0.3) is 0 Å². The maximum atomic E-state index is 13.9. The smallest absolute Gasteiger partial charge is 0.276 e. The molecule has 3 aromatic rings. The quantitative estimate of drug-likeness (QED) is 0.576. The van der Waals surface area contributed by atoms with E-state index >= 15 is 0 Å². The van der Waals surface area contributed by atoms with Crippen LogP contribution in [0.15, 0.2) is 47.0 Å². The molecule has 2 aromatic carbocycles. The molecule has 0 unspecified atom stereocenters. The number of halogens is 1. The number of benzene rings is 2. The molecule has 2 heterocycles. The zero-order chi connectivity index (χ0) is 22.7. The number of amides is 1. The average Bonchev–Trinajstić information content (AvgIpc) is 3.13. The lowest BCUT2D eigenvalue weighted by molar-refractivity contribution is 0.0614. The molecule has 1 aliphatic heterocycles. The van der Waals surface area contributed by atoms with Crippen molar-refractivity contribution in [2.75, 3.05) is 26.2 Å². The summed E-state index contributed by atoms with van der Waals surface area (Å²) in [5.74, 6) is 0.975. The van der Waals surface area contributed by atoms with Gasteiger partial charge in [0, 0.05) is 38.3 Å². The number of nitrogens with zero attached hydrogens (tertiary/aromatic N) is 3. The Morgan fingerprint density at radius 1 is 1.06 bits per heavy atom. The predicted octanol–water partition coefficient (Wildman–Crippen LogP) is 4.28. The van der Waals surface area contributed by atoms with Crippen molar-refractivity contribution >= 4 is 5.91 Å². The predicted molar refractivity (Wildman–Crippen MR) is 119 cm³/mol. The highest BCUT2D eigenvalue weighted by atomic mass is 19.1. The second kappa shape index (κ2) is 9.53. The van der Waals surface area contributed by atoms with Gasteiger partial charge < -0.3 is 14.2 Å². The summed E-state index contributed by atoms with van der Waals surface area (Å²) in [6.45, 7) is 9.02. The molecule has 0 atom stereocenters. The zero-order valence-corrected chi connectivity index (χ0v) is 18.7. The minimum absolute atomic E-state index is 0.161. The summed E-state index contributed by atoms with van der Waals surface area (Å²) < 4.78 is 25.2. The van der Waals surface area contributed by atoms with E-state index in [4.69, 9.17) is 9.26 Å². The number of carbonyl (C=O) groups is 1. The minimum Gasteiger partial charge on any atom is -0.489 e. The van der Waals surface area contributed by atoms with Crippen molar-refractivity contribution < 1.29 is 18.4 Å². The van der Waals surface area contributed by atoms with Crippen LogP contribution in [-0.4, -0.2) is 47.0 Å². The molecule has 1 aromatic heterocycles. The fraction of sp³-hybridized carbons (Fsp3) is 0.360. The molecule has 1 fully saturated rings.